The number of rotatable bonds is 4. The van der Waals surface area contributed by atoms with Crippen molar-refractivity contribution in [2.75, 3.05) is 25.0 Å². The molecule has 3 saturated heterocycles. The number of fused-ring (bicyclic) bond motifs is 5. The number of hydrogen-bond donors (Lipinski definition) is 3. The Morgan fingerprint density at radius 3 is 2.53 bits per heavy atom. The summed E-state index contributed by atoms with van der Waals surface area (Å²) in [6.07, 6.45) is 2.22. The Morgan fingerprint density at radius 1 is 0.974 bits per heavy atom. The molecule has 3 aromatic carbocycles. The second-order valence-electron chi connectivity index (χ2n) is 10.2. The highest BCUT2D eigenvalue weighted by atomic mass is 35.5. The van der Waals surface area contributed by atoms with Crippen molar-refractivity contribution in [2.24, 2.45) is 5.92 Å². The van der Waals surface area contributed by atoms with Gasteiger partial charge in [0.2, 0.25) is 0 Å². The maximum Gasteiger partial charge on any atom is 0.261 e. The van der Waals surface area contributed by atoms with Crippen LogP contribution in [0.3, 0.4) is 0 Å². The number of pyridine rings is 1. The second kappa shape index (κ2) is 9.12. The summed E-state index contributed by atoms with van der Waals surface area (Å²) < 4.78 is 15.4. The fraction of sp³-hybridized carbons (Fsp3) is 0.241. The molecule has 1 atom stereocenters. The molecule has 2 bridgehead atoms. The van der Waals surface area contributed by atoms with E-state index in [4.69, 9.17) is 28.2 Å². The third-order valence-electron chi connectivity index (χ3n) is 7.94. The minimum atomic E-state index is -0.484. The van der Waals surface area contributed by atoms with Gasteiger partial charge in [0.15, 0.2) is 0 Å². The van der Waals surface area contributed by atoms with Gasteiger partial charge < -0.3 is 20.2 Å². The Labute approximate surface area is 227 Å². The highest BCUT2D eigenvalue weighted by molar-refractivity contribution is 6.36. The highest BCUT2D eigenvalue weighted by Gasteiger charge is 2.35. The minimum Gasteiger partial charge on any atom is -0.379 e. The molecule has 0 aliphatic carbocycles. The first-order valence-electron chi connectivity index (χ1n) is 12.7. The maximum absolute atomic E-state index is 15.4. The number of piperidine rings is 3. The number of H-pyrrole nitrogens is 2. The van der Waals surface area contributed by atoms with Crippen LogP contribution in [-0.2, 0) is 0 Å². The van der Waals surface area contributed by atoms with Crippen molar-refractivity contribution in [1.29, 1.82) is 0 Å². The fourth-order valence-corrected chi connectivity index (χ4v) is 6.50. The molecule has 0 spiro atoms. The van der Waals surface area contributed by atoms with Gasteiger partial charge in [0, 0.05) is 39.1 Å². The summed E-state index contributed by atoms with van der Waals surface area (Å²) in [6, 6.07) is 15.9. The predicted molar refractivity (Wildman–Crippen MR) is 152 cm³/mol. The normalized spacial score (nSPS) is 20.9. The number of hydrogen-bond acceptors (Lipinski definition) is 4. The zero-order valence-corrected chi connectivity index (χ0v) is 21.8. The van der Waals surface area contributed by atoms with Gasteiger partial charge in [0.1, 0.15) is 17.2 Å². The summed E-state index contributed by atoms with van der Waals surface area (Å²) in [5.41, 5.74) is 3.59. The number of imidazole rings is 1. The quantitative estimate of drug-likeness (QED) is 0.234. The first-order chi connectivity index (χ1) is 18.4. The van der Waals surface area contributed by atoms with Crippen molar-refractivity contribution in [3.63, 3.8) is 0 Å². The molecule has 6 nitrogen and oxygen atoms in total. The first kappa shape index (κ1) is 23.7. The number of aromatic amines is 2. The SMILES string of the molecule is O=c1[nH]c2cc(F)c(-c3ccc(Cl)cc3Cl)cc2c(N[C@H]2CN3CCC2CC3)c1-c1nc2ccccc2[nH]1. The zero-order valence-electron chi connectivity index (χ0n) is 20.3. The molecule has 192 valence electrons. The van der Waals surface area contributed by atoms with E-state index in [1.807, 2.05) is 24.3 Å². The average molecular weight is 548 g/mol. The Balaban J connectivity index is 1.48. The van der Waals surface area contributed by atoms with Crippen molar-refractivity contribution in [3.05, 3.63) is 80.8 Å². The van der Waals surface area contributed by atoms with Crippen LogP contribution in [0.15, 0.2) is 59.4 Å². The standard InChI is InChI=1S/C29H24Cl2FN5O/c30-16-5-6-17(20(31)11-16)18-12-19-24(13-21(18)32)36-29(38)26(28-34-22-3-1-2-4-23(22)35-28)27(19)33-25-14-37-9-7-15(25)8-10-37/h1-6,11-13,15,25H,7-10,14H2,(H,34,35)(H2,33,36,38)/t25-/m0/s1. The zero-order chi connectivity index (χ0) is 26.0. The molecule has 3 N–H and O–H groups in total. The van der Waals surface area contributed by atoms with Crippen molar-refractivity contribution >= 4 is 50.8 Å². The lowest BCUT2D eigenvalue weighted by molar-refractivity contribution is 0.0976. The van der Waals surface area contributed by atoms with E-state index in [1.54, 1.807) is 24.3 Å². The van der Waals surface area contributed by atoms with Gasteiger partial charge in [-0.1, -0.05) is 41.4 Å². The first-order valence-corrected chi connectivity index (χ1v) is 13.5. The van der Waals surface area contributed by atoms with E-state index in [1.165, 1.54) is 6.07 Å². The lowest BCUT2D eigenvalue weighted by Crippen LogP contribution is -2.53. The smallest absolute Gasteiger partial charge is 0.261 e. The van der Waals surface area contributed by atoms with Crippen molar-refractivity contribution in [1.82, 2.24) is 19.9 Å². The lowest BCUT2D eigenvalue weighted by Gasteiger charge is -2.45. The van der Waals surface area contributed by atoms with Crippen LogP contribution in [0.1, 0.15) is 12.8 Å². The van der Waals surface area contributed by atoms with Gasteiger partial charge in [-0.3, -0.25) is 4.79 Å². The summed E-state index contributed by atoms with van der Waals surface area (Å²) in [6.45, 7) is 3.09. The van der Waals surface area contributed by atoms with E-state index < -0.39 is 5.82 Å². The third-order valence-corrected chi connectivity index (χ3v) is 8.48. The van der Waals surface area contributed by atoms with E-state index in [2.05, 4.69) is 20.2 Å². The van der Waals surface area contributed by atoms with Crippen molar-refractivity contribution < 1.29 is 4.39 Å². The van der Waals surface area contributed by atoms with Crippen LogP contribution in [-0.4, -0.2) is 45.5 Å². The predicted octanol–water partition coefficient (Wildman–Crippen LogP) is 6.69. The van der Waals surface area contributed by atoms with Gasteiger partial charge in [-0.2, -0.15) is 0 Å². The van der Waals surface area contributed by atoms with E-state index in [9.17, 15) is 4.79 Å². The molecule has 0 saturated carbocycles. The van der Waals surface area contributed by atoms with Crippen molar-refractivity contribution in [3.8, 4) is 22.5 Å². The van der Waals surface area contributed by atoms with Gasteiger partial charge in [0.25, 0.3) is 5.56 Å². The molecule has 3 aliphatic rings. The summed E-state index contributed by atoms with van der Waals surface area (Å²) in [4.78, 5) is 27.0. The number of aromatic nitrogens is 3. The number of nitrogens with zero attached hydrogens (tertiary/aromatic N) is 2. The van der Waals surface area contributed by atoms with Gasteiger partial charge in [0.05, 0.1) is 22.2 Å². The third kappa shape index (κ3) is 3.97. The molecule has 0 radical (unpaired) electrons. The molecular formula is C29H24Cl2FN5O. The molecule has 5 aromatic rings. The number of halogens is 3. The van der Waals surface area contributed by atoms with Crippen LogP contribution in [0.4, 0.5) is 10.1 Å². The maximum atomic E-state index is 15.4. The summed E-state index contributed by atoms with van der Waals surface area (Å²) in [5, 5.41) is 5.25. The molecule has 0 unspecified atom stereocenters. The van der Waals surface area contributed by atoms with Crippen LogP contribution in [0.25, 0.3) is 44.5 Å². The Morgan fingerprint density at radius 2 is 1.79 bits per heavy atom. The Kier molecular flexibility index (Phi) is 5.69. The molecule has 8 rings (SSSR count). The molecule has 5 heterocycles. The average Bonchev–Trinajstić information content (AvgIpc) is 3.33. The van der Waals surface area contributed by atoms with Crippen LogP contribution < -0.4 is 10.9 Å². The number of para-hydroxylation sites is 2. The fourth-order valence-electron chi connectivity index (χ4n) is 5.99. The molecule has 9 heteroatoms. The molecular weight excluding hydrogens is 524 g/mol. The van der Waals surface area contributed by atoms with Gasteiger partial charge in [-0.05, 0) is 68.2 Å². The van der Waals surface area contributed by atoms with Crippen LogP contribution in [0.2, 0.25) is 10.0 Å². The number of anilines is 1. The van der Waals surface area contributed by atoms with Gasteiger partial charge in [-0.25, -0.2) is 9.37 Å². The van der Waals surface area contributed by atoms with E-state index in [0.29, 0.717) is 55.1 Å². The molecule has 0 amide bonds. The van der Waals surface area contributed by atoms with Gasteiger partial charge in [-0.15, -0.1) is 0 Å². The van der Waals surface area contributed by atoms with Crippen LogP contribution >= 0.6 is 23.2 Å². The Bertz CT molecular complexity index is 1740. The summed E-state index contributed by atoms with van der Waals surface area (Å²) in [7, 11) is 0. The number of benzene rings is 3. The van der Waals surface area contributed by atoms with Crippen LogP contribution in [0.5, 0.6) is 0 Å². The monoisotopic (exact) mass is 547 g/mol. The highest BCUT2D eigenvalue weighted by Crippen LogP contribution is 2.39. The largest absolute Gasteiger partial charge is 0.379 e. The molecule has 2 aromatic heterocycles. The van der Waals surface area contributed by atoms with E-state index in [0.717, 1.165) is 43.5 Å². The molecule has 38 heavy (non-hydrogen) atoms. The number of nitrogens with one attached hydrogen (secondary N) is 3. The molecule has 3 aliphatic heterocycles. The summed E-state index contributed by atoms with van der Waals surface area (Å²) in [5.74, 6) is 0.486. The van der Waals surface area contributed by atoms with E-state index in [-0.39, 0.29) is 11.6 Å². The Hall–Kier alpha value is -3.39. The topological polar surface area (TPSA) is 76.8 Å². The second-order valence-corrected chi connectivity index (χ2v) is 11.0. The van der Waals surface area contributed by atoms with Crippen LogP contribution in [0, 0.1) is 11.7 Å². The minimum absolute atomic E-state index is 0.165. The van der Waals surface area contributed by atoms with Gasteiger partial charge >= 0.3 is 0 Å². The molecule has 3 fully saturated rings. The lowest BCUT2D eigenvalue weighted by atomic mass is 9.83. The van der Waals surface area contributed by atoms with E-state index >= 15 is 4.39 Å². The summed E-state index contributed by atoms with van der Waals surface area (Å²) >= 11 is 12.6. The van der Waals surface area contributed by atoms with Crippen molar-refractivity contribution in [2.45, 2.75) is 18.9 Å².